The van der Waals surface area contributed by atoms with Crippen LogP contribution in [0.25, 0.3) is 0 Å². The number of carbonyl (C=O) groups excluding carboxylic acids is 1. The van der Waals surface area contributed by atoms with Gasteiger partial charge in [-0.05, 0) is 36.9 Å². The van der Waals surface area contributed by atoms with E-state index >= 15 is 0 Å². The predicted octanol–water partition coefficient (Wildman–Crippen LogP) is -0.0774. The Balaban J connectivity index is 0.000000414. The van der Waals surface area contributed by atoms with Gasteiger partial charge in [0.25, 0.3) is 0 Å². The van der Waals surface area contributed by atoms with E-state index in [1.807, 2.05) is 0 Å². The van der Waals surface area contributed by atoms with E-state index in [9.17, 15) is 4.79 Å². The van der Waals surface area contributed by atoms with Crippen LogP contribution in [0.15, 0.2) is 35.9 Å². The topological polar surface area (TPSA) is 136 Å². The van der Waals surface area contributed by atoms with Crippen LogP contribution in [0.2, 0.25) is 0 Å². The van der Waals surface area contributed by atoms with Crippen molar-refractivity contribution < 1.29 is 30.3 Å². The number of para-hydroxylation sites is 1. The highest BCUT2D eigenvalue weighted by Crippen LogP contribution is 2.65. The Morgan fingerprint density at radius 1 is 1.20 bits per heavy atom. The largest absolute Gasteiger partial charge is 0.412 e. The fourth-order valence-corrected chi connectivity index (χ4v) is 7.51. The molecule has 0 unspecified atom stereocenters. The number of amides is 1. The molecule has 1 aromatic rings. The first-order chi connectivity index (χ1) is 13.7. The number of rotatable bonds is 0. The van der Waals surface area contributed by atoms with E-state index in [1.54, 1.807) is 5.57 Å². The van der Waals surface area contributed by atoms with E-state index < -0.39 is 9.03 Å². The summed E-state index contributed by atoms with van der Waals surface area (Å²) in [6, 6.07) is 9.64. The lowest BCUT2D eigenvalue weighted by molar-refractivity contribution is -0.132. The van der Waals surface area contributed by atoms with Crippen molar-refractivity contribution in [3.05, 3.63) is 41.5 Å². The second-order valence-electron chi connectivity index (χ2n) is 8.88. The summed E-state index contributed by atoms with van der Waals surface area (Å²) < 4.78 is 6.25. The number of carbonyl (C=O) groups is 1. The Hall–Kier alpha value is -1.38. The zero-order valence-electron chi connectivity index (χ0n) is 16.6. The molecule has 164 valence electrons. The van der Waals surface area contributed by atoms with E-state index in [1.165, 1.54) is 30.6 Å². The third-order valence-electron chi connectivity index (χ3n) is 8.22. The van der Waals surface area contributed by atoms with Gasteiger partial charge in [0.15, 0.2) is 0 Å². The summed E-state index contributed by atoms with van der Waals surface area (Å²) in [7, 11) is -0.917. The molecule has 0 radical (unpaired) electrons. The van der Waals surface area contributed by atoms with E-state index in [-0.39, 0.29) is 28.4 Å². The van der Waals surface area contributed by atoms with Crippen molar-refractivity contribution in [2.45, 2.75) is 42.9 Å². The Labute approximate surface area is 177 Å². The molecular weight excluding hydrogens is 407 g/mol. The highest BCUT2D eigenvalue weighted by Gasteiger charge is 2.70. The number of hydrogen-bond donors (Lipinski definition) is 2. The van der Waals surface area contributed by atoms with Gasteiger partial charge in [-0.15, -0.1) is 0 Å². The minimum Gasteiger partial charge on any atom is -0.412 e. The zero-order valence-corrected chi connectivity index (χ0v) is 17.6. The molecule has 1 saturated carbocycles. The van der Waals surface area contributed by atoms with Gasteiger partial charge in [0, 0.05) is 29.6 Å². The molecule has 1 spiro atoms. The van der Waals surface area contributed by atoms with Crippen molar-refractivity contribution in [1.29, 1.82) is 0 Å². The van der Waals surface area contributed by atoms with Gasteiger partial charge in [0.1, 0.15) is 9.03 Å². The molecule has 6 aliphatic rings. The number of anilines is 1. The van der Waals surface area contributed by atoms with E-state index in [0.29, 0.717) is 36.9 Å². The van der Waals surface area contributed by atoms with Crippen LogP contribution in [0, 0.1) is 11.8 Å². The third-order valence-corrected chi connectivity index (χ3v) is 8.22. The second kappa shape index (κ2) is 7.64. The predicted molar refractivity (Wildman–Crippen MR) is 113 cm³/mol. The first-order valence-electron chi connectivity index (χ1n) is 10.2. The lowest BCUT2D eigenvalue weighted by Crippen LogP contribution is -2.69. The molecule has 9 heteroatoms. The molecule has 6 atom stereocenters. The number of benzene rings is 1. The van der Waals surface area contributed by atoms with Crippen molar-refractivity contribution in [2.24, 2.45) is 11.8 Å². The molecule has 0 aromatic heterocycles. The number of hydrogen-bond acceptors (Lipinski definition) is 5. The first-order valence-corrected chi connectivity index (χ1v) is 11.1. The van der Waals surface area contributed by atoms with Crippen LogP contribution in [0.5, 0.6) is 0 Å². The van der Waals surface area contributed by atoms with Crippen molar-refractivity contribution >= 4 is 20.6 Å². The highest BCUT2D eigenvalue weighted by atomic mass is 31.1. The van der Waals surface area contributed by atoms with Gasteiger partial charge in [0.2, 0.25) is 5.91 Å². The van der Waals surface area contributed by atoms with Crippen LogP contribution < -0.4 is 4.90 Å². The maximum Gasteiger partial charge on any atom is 0.229 e. The lowest BCUT2D eigenvalue weighted by Gasteiger charge is -2.58. The van der Waals surface area contributed by atoms with Crippen LogP contribution in [0.4, 0.5) is 5.69 Å². The molecule has 6 N–H and O–H groups in total. The third kappa shape index (κ3) is 2.50. The standard InChI is InChI=1S/C21H22N2O2.H3O2P.2H2O/c24-18-10-16-19-13-9-17-21(6-7-22(17)11-12(13)5-8-25-16)14-3-1-2-4-15(14)23(18)20(19)21;1-3-2;;/h1-5,13,16-17,19-20H,6-11H2;1-3H;2*1H2/t13-,16-,17-,19-,20-,21+;;;/m0.../s1. The SMILES string of the molecule is O.O.O=C1C[C@@H]2OCC=C3CN4CC[C@]56c7ccccc7N1[C@H]5[C@H]2[C@H]3C[C@H]46.OPO. The minimum absolute atomic E-state index is 0. The molecular formula is C21H29N2O6P. The summed E-state index contributed by atoms with van der Waals surface area (Å²) in [4.78, 5) is 32.4. The molecule has 30 heavy (non-hydrogen) atoms. The minimum atomic E-state index is -0.917. The van der Waals surface area contributed by atoms with Gasteiger partial charge in [-0.2, -0.15) is 0 Å². The smallest absolute Gasteiger partial charge is 0.229 e. The van der Waals surface area contributed by atoms with E-state index in [2.05, 4.69) is 40.1 Å². The average Bonchev–Trinajstić information content (AvgIpc) is 3.17. The maximum atomic E-state index is 13.2. The molecule has 1 aliphatic carbocycles. The van der Waals surface area contributed by atoms with Crippen LogP contribution in [-0.2, 0) is 14.9 Å². The van der Waals surface area contributed by atoms with Crippen LogP contribution in [0.1, 0.15) is 24.8 Å². The summed E-state index contributed by atoms with van der Waals surface area (Å²) >= 11 is 0. The number of nitrogens with zero attached hydrogens (tertiary/aromatic N) is 2. The Kier molecular flexibility index (Phi) is 5.56. The summed E-state index contributed by atoms with van der Waals surface area (Å²) in [6.45, 7) is 2.97. The Bertz CT molecular complexity index is 881. The summed E-state index contributed by atoms with van der Waals surface area (Å²) in [5, 5.41) is 0. The van der Waals surface area contributed by atoms with Gasteiger partial charge in [-0.1, -0.05) is 29.8 Å². The first kappa shape index (κ1) is 21.8. The van der Waals surface area contributed by atoms with Crippen LogP contribution in [0.3, 0.4) is 0 Å². The molecule has 8 nitrogen and oxygen atoms in total. The molecule has 1 aromatic carbocycles. The van der Waals surface area contributed by atoms with Crippen molar-refractivity contribution in [3.8, 4) is 0 Å². The molecule has 4 fully saturated rings. The van der Waals surface area contributed by atoms with E-state index in [0.717, 1.165) is 6.54 Å². The molecule has 2 bridgehead atoms. The quantitative estimate of drug-likeness (QED) is 0.433. The van der Waals surface area contributed by atoms with Crippen molar-refractivity contribution in [2.75, 3.05) is 24.6 Å². The molecule has 1 amide bonds. The second-order valence-corrected chi connectivity index (χ2v) is 9.08. The van der Waals surface area contributed by atoms with Gasteiger partial charge < -0.3 is 30.4 Å². The monoisotopic (exact) mass is 436 g/mol. The van der Waals surface area contributed by atoms with E-state index in [4.69, 9.17) is 14.5 Å². The average molecular weight is 436 g/mol. The number of fused-ring (bicyclic) bond motifs is 2. The van der Waals surface area contributed by atoms with Crippen molar-refractivity contribution in [3.63, 3.8) is 0 Å². The highest BCUT2D eigenvalue weighted by molar-refractivity contribution is 7.23. The number of piperidine rings is 2. The molecule has 7 rings (SSSR count). The Morgan fingerprint density at radius 3 is 2.77 bits per heavy atom. The molecule has 5 heterocycles. The van der Waals surface area contributed by atoms with Crippen LogP contribution in [-0.4, -0.2) is 69.4 Å². The fourth-order valence-electron chi connectivity index (χ4n) is 7.51. The Morgan fingerprint density at radius 2 is 1.97 bits per heavy atom. The van der Waals surface area contributed by atoms with Gasteiger partial charge in [0.05, 0.1) is 25.2 Å². The molecule has 5 aliphatic heterocycles. The molecule has 3 saturated heterocycles. The van der Waals surface area contributed by atoms with Crippen LogP contribution >= 0.6 is 9.03 Å². The van der Waals surface area contributed by atoms with Gasteiger partial charge in [-0.3, -0.25) is 9.69 Å². The van der Waals surface area contributed by atoms with Gasteiger partial charge >= 0.3 is 0 Å². The number of ether oxygens (including phenoxy) is 1. The van der Waals surface area contributed by atoms with Crippen molar-refractivity contribution in [1.82, 2.24) is 4.90 Å². The lowest BCUT2D eigenvalue weighted by atomic mass is 9.53. The summed E-state index contributed by atoms with van der Waals surface area (Å²) in [5.74, 6) is 1.35. The van der Waals surface area contributed by atoms with Gasteiger partial charge in [-0.25, -0.2) is 0 Å². The summed E-state index contributed by atoms with van der Waals surface area (Å²) in [5.41, 5.74) is 4.35. The summed E-state index contributed by atoms with van der Waals surface area (Å²) in [6.07, 6.45) is 5.43. The fraction of sp³-hybridized carbons (Fsp3) is 0.571. The zero-order chi connectivity index (χ0) is 19.0. The maximum absolute atomic E-state index is 13.2. The normalized spacial score (nSPS) is 38.9.